The second-order valence-corrected chi connectivity index (χ2v) is 5.86. The van der Waals surface area contributed by atoms with Crippen LogP contribution in [0.4, 0.5) is 0 Å². The van der Waals surface area contributed by atoms with Crippen LogP contribution in [-0.4, -0.2) is 56.3 Å². The molecule has 1 aromatic heterocycles. The van der Waals surface area contributed by atoms with Gasteiger partial charge < -0.3 is 14.6 Å². The number of aliphatic carboxylic acids is 1. The summed E-state index contributed by atoms with van der Waals surface area (Å²) in [7, 11) is 1.67. The average molecular weight is 296 g/mol. The zero-order valence-corrected chi connectivity index (χ0v) is 12.1. The first kappa shape index (κ1) is 14.6. The van der Waals surface area contributed by atoms with Gasteiger partial charge in [-0.15, -0.1) is 0 Å². The molecule has 1 atom stereocenters. The Kier molecular flexibility index (Phi) is 4.17. The van der Waals surface area contributed by atoms with Crippen LogP contribution in [0.2, 0.25) is 0 Å². The number of carbonyl (C=O) groups is 3. The first-order valence-corrected chi connectivity index (χ1v) is 7.36. The van der Waals surface area contributed by atoms with E-state index in [9.17, 15) is 19.5 Å². The van der Waals surface area contributed by atoms with Gasteiger partial charge in [0, 0.05) is 36.9 Å². The largest absolute Gasteiger partial charge is 0.480 e. The van der Waals surface area contributed by atoms with E-state index in [4.69, 9.17) is 0 Å². The van der Waals surface area contributed by atoms with Gasteiger partial charge in [-0.25, -0.2) is 4.79 Å². The van der Waals surface area contributed by atoms with Crippen LogP contribution in [0.25, 0.3) is 0 Å². The third-order valence-electron chi connectivity index (χ3n) is 3.30. The molecule has 1 amide bonds. The Balaban J connectivity index is 2.29. The summed E-state index contributed by atoms with van der Waals surface area (Å²) in [6.07, 6.45) is 1.59. The summed E-state index contributed by atoms with van der Waals surface area (Å²) >= 11 is 1.53. The Labute approximate surface area is 120 Å². The Bertz CT molecular complexity index is 567. The molecule has 1 unspecified atom stereocenters. The molecule has 0 aromatic carbocycles. The number of thioether (sulfide) groups is 1. The third kappa shape index (κ3) is 2.72. The maximum Gasteiger partial charge on any atom is 0.327 e. The van der Waals surface area contributed by atoms with Gasteiger partial charge in [-0.2, -0.15) is 11.8 Å². The molecule has 2 rings (SSSR count). The van der Waals surface area contributed by atoms with E-state index in [1.165, 1.54) is 29.7 Å². The van der Waals surface area contributed by atoms with E-state index in [1.807, 2.05) is 0 Å². The normalized spacial score (nSPS) is 18.9. The predicted octanol–water partition coefficient (Wildman–Crippen LogP) is 0.870. The molecule has 0 radical (unpaired) electrons. The van der Waals surface area contributed by atoms with Gasteiger partial charge in [0.2, 0.25) is 0 Å². The number of ketones is 1. The van der Waals surface area contributed by atoms with Crippen molar-refractivity contribution in [2.24, 2.45) is 7.05 Å². The molecule has 6 nitrogen and oxygen atoms in total. The molecule has 2 heterocycles. The van der Waals surface area contributed by atoms with Crippen molar-refractivity contribution in [2.45, 2.75) is 13.0 Å². The number of hydrogen-bond acceptors (Lipinski definition) is 4. The minimum atomic E-state index is -0.994. The van der Waals surface area contributed by atoms with E-state index in [2.05, 4.69) is 0 Å². The molecule has 1 aromatic rings. The molecule has 0 aliphatic carbocycles. The zero-order valence-electron chi connectivity index (χ0n) is 11.3. The van der Waals surface area contributed by atoms with Gasteiger partial charge in [0.1, 0.15) is 11.7 Å². The molecule has 20 heavy (non-hydrogen) atoms. The molecule has 1 aliphatic heterocycles. The highest BCUT2D eigenvalue weighted by Crippen LogP contribution is 2.20. The quantitative estimate of drug-likeness (QED) is 0.837. The number of amides is 1. The van der Waals surface area contributed by atoms with Crippen LogP contribution in [0.3, 0.4) is 0 Å². The highest BCUT2D eigenvalue weighted by molar-refractivity contribution is 7.99. The van der Waals surface area contributed by atoms with Crippen molar-refractivity contribution < 1.29 is 19.5 Å². The van der Waals surface area contributed by atoms with Gasteiger partial charge in [-0.05, 0) is 13.0 Å². The Morgan fingerprint density at radius 1 is 1.40 bits per heavy atom. The SMILES string of the molecule is CC(=O)c1cc(C(=O)N2CCSCC2C(=O)O)n(C)c1. The summed E-state index contributed by atoms with van der Waals surface area (Å²) in [5, 5.41) is 9.20. The van der Waals surface area contributed by atoms with Crippen LogP contribution >= 0.6 is 11.8 Å². The van der Waals surface area contributed by atoms with Crippen LogP contribution in [0.1, 0.15) is 27.8 Å². The van der Waals surface area contributed by atoms with Crippen LogP contribution in [-0.2, 0) is 11.8 Å². The summed E-state index contributed by atoms with van der Waals surface area (Å²) in [6.45, 7) is 1.84. The molecular formula is C13H16N2O4S. The molecule has 1 fully saturated rings. The fourth-order valence-electron chi connectivity index (χ4n) is 2.17. The lowest BCUT2D eigenvalue weighted by Crippen LogP contribution is -2.50. The molecule has 7 heteroatoms. The molecule has 0 spiro atoms. The molecule has 1 aliphatic rings. The number of nitrogens with zero attached hydrogens (tertiary/aromatic N) is 2. The predicted molar refractivity (Wildman–Crippen MR) is 75.2 cm³/mol. The Morgan fingerprint density at radius 3 is 2.65 bits per heavy atom. The smallest absolute Gasteiger partial charge is 0.327 e. The van der Waals surface area contributed by atoms with Crippen molar-refractivity contribution in [3.8, 4) is 0 Å². The molecule has 0 saturated carbocycles. The second kappa shape index (κ2) is 5.70. The van der Waals surface area contributed by atoms with Gasteiger partial charge in [0.25, 0.3) is 5.91 Å². The first-order valence-electron chi connectivity index (χ1n) is 6.20. The number of Topliss-reactive ketones (excluding diaryl/α,β-unsaturated/α-hetero) is 1. The summed E-state index contributed by atoms with van der Waals surface area (Å²) in [6, 6.07) is 0.711. The third-order valence-corrected chi connectivity index (χ3v) is 4.33. The summed E-state index contributed by atoms with van der Waals surface area (Å²) in [4.78, 5) is 36.4. The average Bonchev–Trinajstić information content (AvgIpc) is 2.80. The van der Waals surface area contributed by atoms with Gasteiger partial charge in [0.15, 0.2) is 5.78 Å². The monoisotopic (exact) mass is 296 g/mol. The van der Waals surface area contributed by atoms with Crippen molar-refractivity contribution in [3.05, 3.63) is 23.5 Å². The number of aryl methyl sites for hydroxylation is 1. The number of carboxylic acid groups (broad SMARTS) is 1. The van der Waals surface area contributed by atoms with Crippen molar-refractivity contribution in [1.82, 2.24) is 9.47 Å². The Hall–Kier alpha value is -1.76. The van der Waals surface area contributed by atoms with Gasteiger partial charge in [-0.3, -0.25) is 9.59 Å². The van der Waals surface area contributed by atoms with E-state index >= 15 is 0 Å². The van der Waals surface area contributed by atoms with Crippen LogP contribution in [0.5, 0.6) is 0 Å². The fraction of sp³-hybridized carbons (Fsp3) is 0.462. The minimum absolute atomic E-state index is 0.122. The first-order chi connectivity index (χ1) is 9.41. The standard InChI is InChI=1S/C13H16N2O4S/c1-8(16)9-5-10(14(2)6-9)12(17)15-3-4-20-7-11(15)13(18)19/h5-6,11H,3-4,7H2,1-2H3,(H,18,19). The second-order valence-electron chi connectivity index (χ2n) is 4.71. The van der Waals surface area contributed by atoms with Crippen molar-refractivity contribution in [3.63, 3.8) is 0 Å². The molecule has 1 N–H and O–H groups in total. The number of rotatable bonds is 3. The number of carbonyl (C=O) groups excluding carboxylic acids is 2. The summed E-state index contributed by atoms with van der Waals surface area (Å²) in [5.41, 5.74) is 0.794. The zero-order chi connectivity index (χ0) is 14.9. The maximum atomic E-state index is 12.5. The summed E-state index contributed by atoms with van der Waals surface area (Å²) in [5.74, 6) is -0.340. The van der Waals surface area contributed by atoms with E-state index in [-0.39, 0.29) is 11.7 Å². The lowest BCUT2D eigenvalue weighted by Gasteiger charge is -2.32. The van der Waals surface area contributed by atoms with E-state index < -0.39 is 12.0 Å². The number of hydrogen-bond donors (Lipinski definition) is 1. The van der Waals surface area contributed by atoms with Gasteiger partial charge in [-0.1, -0.05) is 0 Å². The van der Waals surface area contributed by atoms with Crippen molar-refractivity contribution in [2.75, 3.05) is 18.1 Å². The van der Waals surface area contributed by atoms with E-state index in [0.29, 0.717) is 23.6 Å². The molecule has 108 valence electrons. The van der Waals surface area contributed by atoms with Crippen molar-refractivity contribution >= 4 is 29.4 Å². The van der Waals surface area contributed by atoms with Crippen LogP contribution in [0, 0.1) is 0 Å². The van der Waals surface area contributed by atoms with Crippen LogP contribution < -0.4 is 0 Å². The van der Waals surface area contributed by atoms with Gasteiger partial charge >= 0.3 is 5.97 Å². The fourth-order valence-corrected chi connectivity index (χ4v) is 3.21. The highest BCUT2D eigenvalue weighted by atomic mass is 32.2. The maximum absolute atomic E-state index is 12.5. The lowest BCUT2D eigenvalue weighted by molar-refractivity contribution is -0.141. The highest BCUT2D eigenvalue weighted by Gasteiger charge is 2.34. The molecule has 1 saturated heterocycles. The van der Waals surface area contributed by atoms with E-state index in [1.54, 1.807) is 17.8 Å². The lowest BCUT2D eigenvalue weighted by atomic mass is 10.2. The van der Waals surface area contributed by atoms with Crippen molar-refractivity contribution in [1.29, 1.82) is 0 Å². The topological polar surface area (TPSA) is 79.6 Å². The minimum Gasteiger partial charge on any atom is -0.480 e. The van der Waals surface area contributed by atoms with E-state index in [0.717, 1.165) is 5.75 Å². The number of aromatic nitrogens is 1. The van der Waals surface area contributed by atoms with Crippen LogP contribution in [0.15, 0.2) is 12.3 Å². The molecule has 0 bridgehead atoms. The number of carboxylic acids is 1. The van der Waals surface area contributed by atoms with Gasteiger partial charge in [0.05, 0.1) is 0 Å². The summed E-state index contributed by atoms with van der Waals surface area (Å²) < 4.78 is 1.57. The Morgan fingerprint density at radius 2 is 2.10 bits per heavy atom. The molecular weight excluding hydrogens is 280 g/mol.